The van der Waals surface area contributed by atoms with Gasteiger partial charge in [0.05, 0.1) is 0 Å². The van der Waals surface area contributed by atoms with Gasteiger partial charge in [0.15, 0.2) is 6.10 Å². The summed E-state index contributed by atoms with van der Waals surface area (Å²) >= 11 is 5.83. The van der Waals surface area contributed by atoms with Gasteiger partial charge in [0.25, 0.3) is 0 Å². The van der Waals surface area contributed by atoms with Crippen LogP contribution in [0.5, 0.6) is 0 Å². The minimum atomic E-state index is -0.901. The first-order chi connectivity index (χ1) is 9.02. The minimum absolute atomic E-state index is 0.415. The van der Waals surface area contributed by atoms with E-state index in [0.717, 1.165) is 12.1 Å². The average molecular weight is 286 g/mol. The van der Waals surface area contributed by atoms with E-state index in [1.54, 1.807) is 6.92 Å². The molecule has 1 aromatic rings. The zero-order valence-electron chi connectivity index (χ0n) is 11.3. The molecule has 5 heteroatoms. The maximum absolute atomic E-state index is 10.9. The Morgan fingerprint density at radius 3 is 2.58 bits per heavy atom. The van der Waals surface area contributed by atoms with Crippen molar-refractivity contribution in [3.05, 3.63) is 34.9 Å². The van der Waals surface area contributed by atoms with Crippen molar-refractivity contribution in [2.75, 3.05) is 20.2 Å². The first-order valence-corrected chi connectivity index (χ1v) is 6.68. The van der Waals surface area contributed by atoms with Crippen LogP contribution in [-0.4, -0.2) is 42.3 Å². The van der Waals surface area contributed by atoms with Gasteiger partial charge in [-0.15, -0.1) is 0 Å². The molecule has 1 N–H and O–H groups in total. The number of aliphatic carboxylic acids is 1. The van der Waals surface area contributed by atoms with Gasteiger partial charge in [-0.1, -0.05) is 23.7 Å². The van der Waals surface area contributed by atoms with Crippen molar-refractivity contribution in [1.29, 1.82) is 0 Å². The lowest BCUT2D eigenvalue weighted by Gasteiger charge is -2.19. The first-order valence-electron chi connectivity index (χ1n) is 6.30. The van der Waals surface area contributed by atoms with Crippen molar-refractivity contribution >= 4 is 17.6 Å². The Morgan fingerprint density at radius 1 is 1.42 bits per heavy atom. The van der Waals surface area contributed by atoms with Crippen LogP contribution < -0.4 is 0 Å². The van der Waals surface area contributed by atoms with Crippen molar-refractivity contribution in [3.8, 4) is 0 Å². The van der Waals surface area contributed by atoms with E-state index in [-0.39, 0.29) is 0 Å². The maximum atomic E-state index is 10.9. The summed E-state index contributed by atoms with van der Waals surface area (Å²) in [7, 11) is 1.96. The Hall–Kier alpha value is -1.10. The van der Waals surface area contributed by atoms with Gasteiger partial charge >= 0.3 is 5.97 Å². The summed E-state index contributed by atoms with van der Waals surface area (Å²) in [6, 6.07) is 7.64. The maximum Gasteiger partial charge on any atom is 0.332 e. The number of nitrogens with zero attached hydrogens (tertiary/aromatic N) is 1. The molecule has 0 heterocycles. The lowest BCUT2D eigenvalue weighted by molar-refractivity contribution is -0.150. The standard InChI is InChI=1S/C14H20ClNO3/c1-3-19-13(14(17)18)8-9-16(2)10-11-4-6-12(15)7-5-11/h4-7,13H,3,8-10H2,1-2H3,(H,17,18). The summed E-state index contributed by atoms with van der Waals surface area (Å²) in [5.74, 6) is -0.901. The number of halogens is 1. The van der Waals surface area contributed by atoms with E-state index in [1.807, 2.05) is 31.3 Å². The lowest BCUT2D eigenvalue weighted by atomic mass is 10.2. The largest absolute Gasteiger partial charge is 0.479 e. The molecule has 0 aliphatic heterocycles. The van der Waals surface area contributed by atoms with Gasteiger partial charge in [0.1, 0.15) is 0 Å². The van der Waals surface area contributed by atoms with Crippen LogP contribution in [0.1, 0.15) is 18.9 Å². The Bertz CT molecular complexity index is 394. The van der Waals surface area contributed by atoms with Crippen LogP contribution in [-0.2, 0) is 16.1 Å². The molecule has 1 rings (SSSR count). The van der Waals surface area contributed by atoms with Gasteiger partial charge in [-0.25, -0.2) is 4.79 Å². The fourth-order valence-electron chi connectivity index (χ4n) is 1.80. The highest BCUT2D eigenvalue weighted by atomic mass is 35.5. The number of ether oxygens (including phenoxy) is 1. The number of rotatable bonds is 8. The molecule has 0 amide bonds. The van der Waals surface area contributed by atoms with Crippen LogP contribution in [0.4, 0.5) is 0 Å². The third-order valence-corrected chi connectivity index (χ3v) is 3.03. The fourth-order valence-corrected chi connectivity index (χ4v) is 1.92. The second kappa shape index (κ2) is 8.15. The number of benzene rings is 1. The molecule has 0 aliphatic carbocycles. The zero-order chi connectivity index (χ0) is 14.3. The third kappa shape index (κ3) is 6.05. The minimum Gasteiger partial charge on any atom is -0.479 e. The summed E-state index contributed by atoms with van der Waals surface area (Å²) in [4.78, 5) is 13.0. The summed E-state index contributed by atoms with van der Waals surface area (Å²) < 4.78 is 5.18. The molecule has 106 valence electrons. The second-order valence-electron chi connectivity index (χ2n) is 4.44. The van der Waals surface area contributed by atoms with Crippen molar-refractivity contribution in [1.82, 2.24) is 4.90 Å². The SMILES string of the molecule is CCOC(CCN(C)Cc1ccc(Cl)cc1)C(=O)O. The molecule has 4 nitrogen and oxygen atoms in total. The molecule has 0 aliphatic rings. The molecule has 0 spiro atoms. The molecule has 1 atom stereocenters. The fraction of sp³-hybridized carbons (Fsp3) is 0.500. The van der Waals surface area contributed by atoms with E-state index in [9.17, 15) is 4.79 Å². The number of carbonyl (C=O) groups is 1. The van der Waals surface area contributed by atoms with Gasteiger partial charge in [-0.2, -0.15) is 0 Å². The Labute approximate surface area is 118 Å². The van der Waals surface area contributed by atoms with E-state index in [1.165, 1.54) is 0 Å². The van der Waals surface area contributed by atoms with Crippen LogP contribution in [0.3, 0.4) is 0 Å². The Kier molecular flexibility index (Phi) is 6.84. The van der Waals surface area contributed by atoms with Crippen LogP contribution in [0.25, 0.3) is 0 Å². The zero-order valence-corrected chi connectivity index (χ0v) is 12.1. The number of hydrogen-bond acceptors (Lipinski definition) is 3. The van der Waals surface area contributed by atoms with Crippen molar-refractivity contribution < 1.29 is 14.6 Å². The molecule has 19 heavy (non-hydrogen) atoms. The topological polar surface area (TPSA) is 49.8 Å². The quantitative estimate of drug-likeness (QED) is 0.798. The molecule has 0 aromatic heterocycles. The van der Waals surface area contributed by atoms with Crippen molar-refractivity contribution in [3.63, 3.8) is 0 Å². The van der Waals surface area contributed by atoms with E-state index in [0.29, 0.717) is 24.6 Å². The smallest absolute Gasteiger partial charge is 0.332 e. The summed E-state index contributed by atoms with van der Waals surface area (Å²) in [6.45, 7) is 3.64. The van der Waals surface area contributed by atoms with Crippen LogP contribution in [0.15, 0.2) is 24.3 Å². The number of carboxylic acids is 1. The third-order valence-electron chi connectivity index (χ3n) is 2.78. The molecule has 0 fully saturated rings. The van der Waals surface area contributed by atoms with Crippen molar-refractivity contribution in [2.45, 2.75) is 26.0 Å². The van der Waals surface area contributed by atoms with E-state index >= 15 is 0 Å². The highest BCUT2D eigenvalue weighted by Crippen LogP contribution is 2.11. The van der Waals surface area contributed by atoms with Gasteiger partial charge in [-0.3, -0.25) is 0 Å². The average Bonchev–Trinajstić information content (AvgIpc) is 2.37. The molecule has 1 aromatic carbocycles. The van der Waals surface area contributed by atoms with Gasteiger partial charge in [0.2, 0.25) is 0 Å². The van der Waals surface area contributed by atoms with Crippen LogP contribution >= 0.6 is 11.6 Å². The highest BCUT2D eigenvalue weighted by molar-refractivity contribution is 6.30. The monoisotopic (exact) mass is 285 g/mol. The Balaban J connectivity index is 2.40. The Morgan fingerprint density at radius 2 is 2.05 bits per heavy atom. The summed E-state index contributed by atoms with van der Waals surface area (Å²) in [5, 5.41) is 9.70. The van der Waals surface area contributed by atoms with E-state index in [4.69, 9.17) is 21.4 Å². The molecular formula is C14H20ClNO3. The number of hydrogen-bond donors (Lipinski definition) is 1. The highest BCUT2D eigenvalue weighted by Gasteiger charge is 2.17. The van der Waals surface area contributed by atoms with E-state index in [2.05, 4.69) is 4.90 Å². The predicted octanol–water partition coefficient (Wildman–Crippen LogP) is 2.65. The van der Waals surface area contributed by atoms with Gasteiger partial charge < -0.3 is 14.7 Å². The predicted molar refractivity (Wildman–Crippen MR) is 75.5 cm³/mol. The molecular weight excluding hydrogens is 266 g/mol. The lowest BCUT2D eigenvalue weighted by Crippen LogP contribution is -2.29. The number of carboxylic acid groups (broad SMARTS) is 1. The molecule has 0 saturated heterocycles. The molecule has 1 unspecified atom stereocenters. The van der Waals surface area contributed by atoms with E-state index < -0.39 is 12.1 Å². The van der Waals surface area contributed by atoms with Crippen LogP contribution in [0.2, 0.25) is 5.02 Å². The molecule has 0 saturated carbocycles. The van der Waals surface area contributed by atoms with Crippen molar-refractivity contribution in [2.24, 2.45) is 0 Å². The second-order valence-corrected chi connectivity index (χ2v) is 4.87. The normalized spacial score (nSPS) is 12.6. The summed E-state index contributed by atoms with van der Waals surface area (Å²) in [6.07, 6.45) is -0.245. The molecule has 0 radical (unpaired) electrons. The summed E-state index contributed by atoms with van der Waals surface area (Å²) in [5.41, 5.74) is 1.15. The molecule has 0 bridgehead atoms. The van der Waals surface area contributed by atoms with Crippen LogP contribution in [0, 0.1) is 0 Å². The first kappa shape index (κ1) is 16.0. The van der Waals surface area contributed by atoms with Gasteiger partial charge in [0, 0.05) is 24.7 Å². The van der Waals surface area contributed by atoms with Gasteiger partial charge in [-0.05, 0) is 38.1 Å².